The van der Waals surface area contributed by atoms with E-state index in [2.05, 4.69) is 22.2 Å². The largest absolute Gasteiger partial charge is 0.383 e. The van der Waals surface area contributed by atoms with E-state index in [1.54, 1.807) is 13.2 Å². The molecule has 5 heteroatoms. The average molecular weight is 234 g/mol. The topological polar surface area (TPSA) is 70.8 Å². The molecule has 0 aliphatic rings. The maximum Gasteiger partial charge on any atom is 0.224 e. The predicted molar refractivity (Wildman–Crippen MR) is 65.7 cm³/mol. The molecular weight excluding hydrogens is 216 g/mol. The van der Waals surface area contributed by atoms with Crippen molar-refractivity contribution in [3.8, 4) is 6.07 Å². The van der Waals surface area contributed by atoms with Gasteiger partial charge in [0.05, 0.1) is 12.6 Å². The molecule has 1 unspecified atom stereocenters. The molecule has 92 valence electrons. The van der Waals surface area contributed by atoms with E-state index >= 15 is 0 Å². The molecule has 1 aromatic rings. The van der Waals surface area contributed by atoms with Crippen LogP contribution in [0.3, 0.4) is 0 Å². The Morgan fingerprint density at radius 1 is 1.53 bits per heavy atom. The third-order valence-corrected chi connectivity index (χ3v) is 2.31. The molecule has 0 spiro atoms. The summed E-state index contributed by atoms with van der Waals surface area (Å²) in [6, 6.07) is 3.87. The van der Waals surface area contributed by atoms with Crippen molar-refractivity contribution in [2.45, 2.75) is 32.7 Å². The molecule has 0 aromatic carbocycles. The van der Waals surface area contributed by atoms with Crippen molar-refractivity contribution in [2.24, 2.45) is 0 Å². The number of aryl methyl sites for hydroxylation is 1. The highest BCUT2D eigenvalue weighted by Crippen LogP contribution is 2.08. The summed E-state index contributed by atoms with van der Waals surface area (Å²) in [7, 11) is 1.67. The van der Waals surface area contributed by atoms with Crippen molar-refractivity contribution >= 4 is 5.95 Å². The van der Waals surface area contributed by atoms with Gasteiger partial charge < -0.3 is 10.1 Å². The number of hydrogen-bond donors (Lipinski definition) is 1. The van der Waals surface area contributed by atoms with Gasteiger partial charge in [-0.1, -0.05) is 13.3 Å². The van der Waals surface area contributed by atoms with Gasteiger partial charge in [0.1, 0.15) is 11.8 Å². The first-order valence-electron chi connectivity index (χ1n) is 5.70. The maximum absolute atomic E-state index is 8.83. The summed E-state index contributed by atoms with van der Waals surface area (Å²) < 4.78 is 5.13. The van der Waals surface area contributed by atoms with Crippen LogP contribution in [0.1, 0.15) is 31.2 Å². The monoisotopic (exact) mass is 234 g/mol. The summed E-state index contributed by atoms with van der Waals surface area (Å²) in [6.45, 7) is 4.56. The van der Waals surface area contributed by atoms with Gasteiger partial charge in [0.2, 0.25) is 5.95 Å². The van der Waals surface area contributed by atoms with Gasteiger partial charge in [0.25, 0.3) is 0 Å². The third-order valence-electron chi connectivity index (χ3n) is 2.31. The summed E-state index contributed by atoms with van der Waals surface area (Å²) in [5, 5.41) is 12.0. The van der Waals surface area contributed by atoms with Crippen LogP contribution in [0.15, 0.2) is 6.07 Å². The minimum absolute atomic E-state index is 0.179. The van der Waals surface area contributed by atoms with Gasteiger partial charge in [-0.15, -0.1) is 0 Å². The summed E-state index contributed by atoms with van der Waals surface area (Å²) in [5.41, 5.74) is 1.17. The molecule has 0 bridgehead atoms. The van der Waals surface area contributed by atoms with Crippen molar-refractivity contribution in [3.05, 3.63) is 17.5 Å². The second-order valence-corrected chi connectivity index (χ2v) is 3.92. The Morgan fingerprint density at radius 3 is 2.88 bits per heavy atom. The Kier molecular flexibility index (Phi) is 5.37. The molecule has 0 saturated heterocycles. The number of nitrogens with one attached hydrogen (secondary N) is 1. The molecule has 0 saturated carbocycles. The van der Waals surface area contributed by atoms with Crippen LogP contribution in [0.2, 0.25) is 0 Å². The minimum Gasteiger partial charge on any atom is -0.383 e. The third kappa shape index (κ3) is 4.37. The highest BCUT2D eigenvalue weighted by molar-refractivity contribution is 5.33. The number of anilines is 1. The standard InChI is InChI=1S/C12H18N4O/c1-4-5-10(8-17-3)15-12-14-9(2)6-11(7-13)16-12/h6,10H,4-5,8H2,1-3H3,(H,14,15,16). The lowest BCUT2D eigenvalue weighted by Crippen LogP contribution is -2.26. The molecule has 1 atom stereocenters. The van der Waals surface area contributed by atoms with Crippen molar-refractivity contribution in [3.63, 3.8) is 0 Å². The van der Waals surface area contributed by atoms with Gasteiger partial charge in [0, 0.05) is 12.8 Å². The normalized spacial score (nSPS) is 11.9. The highest BCUT2D eigenvalue weighted by Gasteiger charge is 2.09. The summed E-state index contributed by atoms with van der Waals surface area (Å²) in [5.74, 6) is 0.497. The van der Waals surface area contributed by atoms with E-state index in [9.17, 15) is 0 Å². The number of nitriles is 1. The Labute approximate surface area is 102 Å². The van der Waals surface area contributed by atoms with Crippen molar-refractivity contribution in [1.29, 1.82) is 5.26 Å². The van der Waals surface area contributed by atoms with E-state index in [1.165, 1.54) is 0 Å². The Morgan fingerprint density at radius 2 is 2.29 bits per heavy atom. The van der Waals surface area contributed by atoms with Crippen LogP contribution in [0.25, 0.3) is 0 Å². The van der Waals surface area contributed by atoms with E-state index in [4.69, 9.17) is 10.00 Å². The molecule has 17 heavy (non-hydrogen) atoms. The molecule has 0 amide bonds. The van der Waals surface area contributed by atoms with Crippen molar-refractivity contribution < 1.29 is 4.74 Å². The molecule has 1 N–H and O–H groups in total. The zero-order valence-corrected chi connectivity index (χ0v) is 10.5. The SMILES string of the molecule is CCCC(COC)Nc1nc(C)cc(C#N)n1. The minimum atomic E-state index is 0.179. The molecule has 0 radical (unpaired) electrons. The fourth-order valence-electron chi connectivity index (χ4n) is 1.62. The summed E-state index contributed by atoms with van der Waals surface area (Å²) >= 11 is 0. The first kappa shape index (κ1) is 13.4. The number of rotatable bonds is 6. The highest BCUT2D eigenvalue weighted by atomic mass is 16.5. The molecule has 5 nitrogen and oxygen atoms in total. The molecule has 1 rings (SSSR count). The van der Waals surface area contributed by atoms with Crippen LogP contribution in [0, 0.1) is 18.3 Å². The average Bonchev–Trinajstić information content (AvgIpc) is 2.29. The van der Waals surface area contributed by atoms with Crippen LogP contribution in [-0.2, 0) is 4.74 Å². The lowest BCUT2D eigenvalue weighted by atomic mass is 10.2. The van der Waals surface area contributed by atoms with Crippen molar-refractivity contribution in [1.82, 2.24) is 9.97 Å². The van der Waals surface area contributed by atoms with Crippen LogP contribution in [0.5, 0.6) is 0 Å². The molecule has 1 aromatic heterocycles. The maximum atomic E-state index is 8.83. The first-order chi connectivity index (χ1) is 8.19. The molecular formula is C12H18N4O. The predicted octanol–water partition coefficient (Wildman–Crippen LogP) is 1.88. The Balaban J connectivity index is 2.78. The van der Waals surface area contributed by atoms with Crippen LogP contribution >= 0.6 is 0 Å². The number of aromatic nitrogens is 2. The lowest BCUT2D eigenvalue weighted by molar-refractivity contribution is 0.182. The van der Waals surface area contributed by atoms with E-state index in [0.717, 1.165) is 18.5 Å². The van der Waals surface area contributed by atoms with Gasteiger partial charge in [-0.2, -0.15) is 5.26 Å². The van der Waals surface area contributed by atoms with Gasteiger partial charge in [0.15, 0.2) is 0 Å². The van der Waals surface area contributed by atoms with Gasteiger partial charge in [-0.05, 0) is 19.4 Å². The van der Waals surface area contributed by atoms with Crippen LogP contribution in [0.4, 0.5) is 5.95 Å². The molecule has 0 aliphatic carbocycles. The zero-order valence-electron chi connectivity index (χ0n) is 10.5. The molecule has 0 aliphatic heterocycles. The second kappa shape index (κ2) is 6.81. The van der Waals surface area contributed by atoms with Crippen molar-refractivity contribution in [2.75, 3.05) is 19.0 Å². The molecule has 0 fully saturated rings. The molecule has 1 heterocycles. The van der Waals surface area contributed by atoms with E-state index in [0.29, 0.717) is 18.2 Å². The fraction of sp³-hybridized carbons (Fsp3) is 0.583. The number of ether oxygens (including phenoxy) is 1. The number of methoxy groups -OCH3 is 1. The Bertz CT molecular complexity index is 394. The fourth-order valence-corrected chi connectivity index (χ4v) is 1.62. The quantitative estimate of drug-likeness (QED) is 0.813. The summed E-state index contributed by atoms with van der Waals surface area (Å²) in [6.07, 6.45) is 2.03. The van der Waals surface area contributed by atoms with E-state index in [-0.39, 0.29) is 6.04 Å². The van der Waals surface area contributed by atoms with Crippen LogP contribution < -0.4 is 5.32 Å². The number of nitrogens with zero attached hydrogens (tertiary/aromatic N) is 3. The Hall–Kier alpha value is -1.67. The van der Waals surface area contributed by atoms with Gasteiger partial charge in [-0.25, -0.2) is 9.97 Å². The first-order valence-corrected chi connectivity index (χ1v) is 5.70. The lowest BCUT2D eigenvalue weighted by Gasteiger charge is -2.17. The van der Waals surface area contributed by atoms with E-state index < -0.39 is 0 Å². The number of hydrogen-bond acceptors (Lipinski definition) is 5. The second-order valence-electron chi connectivity index (χ2n) is 3.92. The zero-order chi connectivity index (χ0) is 12.7. The smallest absolute Gasteiger partial charge is 0.224 e. The van der Waals surface area contributed by atoms with E-state index in [1.807, 2.05) is 13.0 Å². The van der Waals surface area contributed by atoms with Gasteiger partial charge >= 0.3 is 0 Å². The van der Waals surface area contributed by atoms with Crippen LogP contribution in [-0.4, -0.2) is 29.7 Å². The van der Waals surface area contributed by atoms with Gasteiger partial charge in [-0.3, -0.25) is 0 Å². The summed E-state index contributed by atoms with van der Waals surface area (Å²) in [4.78, 5) is 8.37.